The number of benzene rings is 2. The van der Waals surface area contributed by atoms with E-state index in [1.165, 1.54) is 0 Å². The van der Waals surface area contributed by atoms with Crippen molar-refractivity contribution in [1.82, 2.24) is 4.90 Å². The molecular formula is C27H31N3O6. The monoisotopic (exact) mass is 493 g/mol. The Morgan fingerprint density at radius 2 is 1.86 bits per heavy atom. The van der Waals surface area contributed by atoms with E-state index in [1.807, 2.05) is 18.2 Å². The van der Waals surface area contributed by atoms with Crippen LogP contribution in [0.25, 0.3) is 0 Å². The topological polar surface area (TPSA) is 106 Å². The molecule has 9 nitrogen and oxygen atoms in total. The van der Waals surface area contributed by atoms with Gasteiger partial charge in [0, 0.05) is 30.4 Å². The average Bonchev–Trinajstić information content (AvgIpc) is 3.72. The van der Waals surface area contributed by atoms with Crippen molar-refractivity contribution in [1.29, 1.82) is 0 Å². The zero-order chi connectivity index (χ0) is 25.2. The van der Waals surface area contributed by atoms with Gasteiger partial charge in [0.25, 0.3) is 5.91 Å². The zero-order valence-corrected chi connectivity index (χ0v) is 20.5. The molecule has 5 rings (SSSR count). The second-order valence-electron chi connectivity index (χ2n) is 9.63. The summed E-state index contributed by atoms with van der Waals surface area (Å²) >= 11 is 0. The lowest BCUT2D eigenvalue weighted by Crippen LogP contribution is -2.53. The van der Waals surface area contributed by atoms with E-state index in [-0.39, 0.29) is 54.9 Å². The van der Waals surface area contributed by atoms with Gasteiger partial charge in [0.1, 0.15) is 24.2 Å². The van der Waals surface area contributed by atoms with Crippen LogP contribution in [0.3, 0.4) is 0 Å². The average molecular weight is 494 g/mol. The number of carbonyl (C=O) groups excluding carboxylic acids is 3. The molecule has 1 aliphatic carbocycles. The largest absolute Gasteiger partial charge is 0.497 e. The molecule has 3 atom stereocenters. The molecule has 2 aromatic carbocycles. The van der Waals surface area contributed by atoms with Crippen LogP contribution in [0.5, 0.6) is 11.5 Å². The van der Waals surface area contributed by atoms with Crippen molar-refractivity contribution in [2.75, 3.05) is 31.4 Å². The van der Waals surface area contributed by atoms with Gasteiger partial charge in [0.15, 0.2) is 0 Å². The Balaban J connectivity index is 1.23. The number of methoxy groups -OCH3 is 1. The molecule has 2 aliphatic heterocycles. The SMILES string of the molecule is COc1cccc(NC(=O)C[C@@H]2CC[C@H]3[C@@H](COc4ccc(NC(=O)C5CC5)cc4C(=O)N3C)O2)c1. The maximum atomic E-state index is 13.3. The summed E-state index contributed by atoms with van der Waals surface area (Å²) in [4.78, 5) is 39.8. The first kappa shape index (κ1) is 24.1. The number of fused-ring (bicyclic) bond motifs is 2. The minimum absolute atomic E-state index is 0.00950. The Morgan fingerprint density at radius 3 is 2.64 bits per heavy atom. The highest BCUT2D eigenvalue weighted by Crippen LogP contribution is 2.34. The van der Waals surface area contributed by atoms with Crippen molar-refractivity contribution in [2.24, 2.45) is 5.92 Å². The van der Waals surface area contributed by atoms with Gasteiger partial charge in [-0.25, -0.2) is 0 Å². The number of ether oxygens (including phenoxy) is 3. The van der Waals surface area contributed by atoms with Crippen molar-refractivity contribution in [3.05, 3.63) is 48.0 Å². The highest BCUT2D eigenvalue weighted by atomic mass is 16.5. The molecule has 0 radical (unpaired) electrons. The van der Waals surface area contributed by atoms with E-state index in [0.717, 1.165) is 12.8 Å². The number of anilines is 2. The van der Waals surface area contributed by atoms with E-state index >= 15 is 0 Å². The molecule has 3 aliphatic rings. The van der Waals surface area contributed by atoms with Gasteiger partial charge in [-0.3, -0.25) is 14.4 Å². The van der Waals surface area contributed by atoms with Crippen molar-refractivity contribution in [3.63, 3.8) is 0 Å². The van der Waals surface area contributed by atoms with Crippen LogP contribution < -0.4 is 20.1 Å². The molecule has 0 aromatic heterocycles. The summed E-state index contributed by atoms with van der Waals surface area (Å²) < 4.78 is 17.5. The van der Waals surface area contributed by atoms with Crippen LogP contribution in [0.4, 0.5) is 11.4 Å². The summed E-state index contributed by atoms with van der Waals surface area (Å²) in [6, 6.07) is 12.2. The normalized spacial score (nSPS) is 23.3. The molecule has 0 spiro atoms. The second-order valence-corrected chi connectivity index (χ2v) is 9.63. The van der Waals surface area contributed by atoms with Gasteiger partial charge >= 0.3 is 0 Å². The quantitative estimate of drug-likeness (QED) is 0.639. The third-order valence-corrected chi connectivity index (χ3v) is 6.99. The Hall–Kier alpha value is -3.59. The number of rotatable bonds is 6. The van der Waals surface area contributed by atoms with E-state index < -0.39 is 0 Å². The predicted molar refractivity (Wildman–Crippen MR) is 133 cm³/mol. The molecule has 9 heteroatoms. The highest BCUT2D eigenvalue weighted by molar-refractivity contribution is 6.00. The number of nitrogens with zero attached hydrogens (tertiary/aromatic N) is 1. The van der Waals surface area contributed by atoms with E-state index in [1.54, 1.807) is 43.3 Å². The third-order valence-electron chi connectivity index (χ3n) is 6.99. The Labute approximate surface area is 210 Å². The number of likely N-dealkylation sites (N-methyl/N-ethyl adjacent to an activating group) is 1. The van der Waals surface area contributed by atoms with Crippen LogP contribution in [0, 0.1) is 5.92 Å². The number of carbonyl (C=O) groups is 3. The van der Waals surface area contributed by atoms with Gasteiger partial charge in [0.05, 0.1) is 31.2 Å². The van der Waals surface area contributed by atoms with Gasteiger partial charge in [-0.15, -0.1) is 0 Å². The predicted octanol–water partition coefficient (Wildman–Crippen LogP) is 3.45. The zero-order valence-electron chi connectivity index (χ0n) is 20.5. The van der Waals surface area contributed by atoms with Gasteiger partial charge < -0.3 is 29.7 Å². The highest BCUT2D eigenvalue weighted by Gasteiger charge is 2.39. The van der Waals surface area contributed by atoms with Crippen molar-refractivity contribution in [3.8, 4) is 11.5 Å². The van der Waals surface area contributed by atoms with Crippen LogP contribution in [-0.2, 0) is 14.3 Å². The Morgan fingerprint density at radius 1 is 1.06 bits per heavy atom. The fourth-order valence-electron chi connectivity index (χ4n) is 4.81. The maximum Gasteiger partial charge on any atom is 0.257 e. The van der Waals surface area contributed by atoms with Crippen LogP contribution >= 0.6 is 0 Å². The standard InChI is InChI=1S/C27H31N3O6/c1-30-22-10-9-20(14-25(31)28-17-4-3-5-19(12-17)34-2)36-24(22)15-35-23-11-8-18(13-21(23)27(30)33)29-26(32)16-6-7-16/h3-5,8,11-13,16,20,22,24H,6-7,9-10,14-15H2,1-2H3,(H,28,31)(H,29,32)/t20-,22-,24+/m0/s1. The minimum atomic E-state index is -0.357. The lowest BCUT2D eigenvalue weighted by Gasteiger charge is -2.42. The third kappa shape index (κ3) is 5.31. The molecule has 2 fully saturated rings. The molecule has 190 valence electrons. The van der Waals surface area contributed by atoms with E-state index in [0.29, 0.717) is 41.3 Å². The number of amides is 3. The number of nitrogens with one attached hydrogen (secondary N) is 2. The molecule has 2 N–H and O–H groups in total. The molecule has 2 aromatic rings. The summed E-state index contributed by atoms with van der Waals surface area (Å²) in [6.45, 7) is 0.261. The van der Waals surface area contributed by atoms with Gasteiger partial charge in [-0.05, 0) is 56.0 Å². The minimum Gasteiger partial charge on any atom is -0.497 e. The first-order valence-electron chi connectivity index (χ1n) is 12.4. The molecular weight excluding hydrogens is 462 g/mol. The van der Waals surface area contributed by atoms with E-state index in [2.05, 4.69) is 10.6 Å². The first-order valence-corrected chi connectivity index (χ1v) is 12.4. The molecule has 0 unspecified atom stereocenters. The van der Waals surface area contributed by atoms with Crippen molar-refractivity contribution < 1.29 is 28.6 Å². The van der Waals surface area contributed by atoms with Gasteiger partial charge in [-0.1, -0.05) is 6.07 Å². The summed E-state index contributed by atoms with van der Waals surface area (Å²) in [5.41, 5.74) is 1.68. The first-order chi connectivity index (χ1) is 17.4. The Kier molecular flexibility index (Phi) is 6.82. The van der Waals surface area contributed by atoms with Crippen LogP contribution in [-0.4, -0.2) is 61.6 Å². The summed E-state index contributed by atoms with van der Waals surface area (Å²) in [5.74, 6) is 0.865. The molecule has 2 heterocycles. The summed E-state index contributed by atoms with van der Waals surface area (Å²) in [6.07, 6.45) is 2.74. The van der Waals surface area contributed by atoms with Crippen LogP contribution in [0.1, 0.15) is 42.5 Å². The fraction of sp³-hybridized carbons (Fsp3) is 0.444. The number of hydrogen-bond acceptors (Lipinski definition) is 6. The Bertz CT molecular complexity index is 1160. The molecule has 1 saturated heterocycles. The molecule has 1 saturated carbocycles. The van der Waals surface area contributed by atoms with Gasteiger partial charge in [-0.2, -0.15) is 0 Å². The maximum absolute atomic E-state index is 13.3. The smallest absolute Gasteiger partial charge is 0.257 e. The van der Waals surface area contributed by atoms with E-state index in [4.69, 9.17) is 14.2 Å². The fourth-order valence-corrected chi connectivity index (χ4v) is 4.81. The lowest BCUT2D eigenvalue weighted by molar-refractivity contribution is -0.130. The molecule has 0 bridgehead atoms. The van der Waals surface area contributed by atoms with E-state index in [9.17, 15) is 14.4 Å². The van der Waals surface area contributed by atoms with Crippen LogP contribution in [0.2, 0.25) is 0 Å². The number of hydrogen-bond donors (Lipinski definition) is 2. The van der Waals surface area contributed by atoms with Crippen molar-refractivity contribution in [2.45, 2.75) is 50.4 Å². The van der Waals surface area contributed by atoms with Gasteiger partial charge in [0.2, 0.25) is 11.8 Å². The summed E-state index contributed by atoms with van der Waals surface area (Å²) in [5, 5.41) is 5.79. The van der Waals surface area contributed by atoms with Crippen LogP contribution in [0.15, 0.2) is 42.5 Å². The molecule has 36 heavy (non-hydrogen) atoms. The second kappa shape index (κ2) is 10.2. The lowest BCUT2D eigenvalue weighted by atomic mass is 9.94. The van der Waals surface area contributed by atoms with Crippen molar-refractivity contribution >= 4 is 29.1 Å². The molecule has 3 amide bonds. The summed E-state index contributed by atoms with van der Waals surface area (Å²) in [7, 11) is 3.35.